The lowest BCUT2D eigenvalue weighted by atomic mass is 9.85. The number of rotatable bonds is 3. The number of hydrogen-bond donors (Lipinski definition) is 0. The zero-order chi connectivity index (χ0) is 27.3. The summed E-state index contributed by atoms with van der Waals surface area (Å²) >= 11 is 0. The predicted octanol–water partition coefficient (Wildman–Crippen LogP) is 4.93. The van der Waals surface area contributed by atoms with Crippen molar-refractivity contribution in [1.29, 1.82) is 0 Å². The molecular weight excluding hydrogens is 511 g/mol. The van der Waals surface area contributed by atoms with E-state index >= 15 is 0 Å². The highest BCUT2D eigenvalue weighted by molar-refractivity contribution is 6.07. The van der Waals surface area contributed by atoms with Crippen LogP contribution >= 0.6 is 0 Å². The van der Waals surface area contributed by atoms with Gasteiger partial charge in [-0.05, 0) is 48.7 Å². The first-order valence-corrected chi connectivity index (χ1v) is 11.1. The molecule has 2 aliphatic heterocycles. The summed E-state index contributed by atoms with van der Waals surface area (Å²) < 4.78 is 93.9. The van der Waals surface area contributed by atoms with Crippen LogP contribution in [0.4, 0.5) is 35.5 Å². The summed E-state index contributed by atoms with van der Waals surface area (Å²) in [4.78, 5) is 41.7. The average Bonchev–Trinajstić information content (AvgIpc) is 2.99. The molecule has 198 valence electrons. The first-order valence-electron chi connectivity index (χ1n) is 11.1. The van der Waals surface area contributed by atoms with Crippen molar-refractivity contribution < 1.29 is 45.1 Å². The van der Waals surface area contributed by atoms with Crippen molar-refractivity contribution in [1.82, 2.24) is 14.7 Å². The molecule has 0 aliphatic carbocycles. The Morgan fingerprint density at radius 3 is 1.97 bits per heavy atom. The maximum absolute atomic E-state index is 14.1. The number of nitrogens with zero attached hydrogens (tertiary/aromatic N) is 3. The van der Waals surface area contributed by atoms with Gasteiger partial charge in [-0.2, -0.15) is 26.3 Å². The zero-order valence-electron chi connectivity index (χ0n) is 19.3. The summed E-state index contributed by atoms with van der Waals surface area (Å²) in [7, 11) is 1.16. The third kappa shape index (κ3) is 4.74. The maximum Gasteiger partial charge on any atom is 0.416 e. The second-order valence-electron chi connectivity index (χ2n) is 8.95. The average molecular weight is 531 g/mol. The molecule has 0 aromatic heterocycles. The van der Waals surface area contributed by atoms with E-state index in [4.69, 9.17) is 0 Å². The molecule has 37 heavy (non-hydrogen) atoms. The van der Waals surface area contributed by atoms with Gasteiger partial charge in [0, 0.05) is 26.7 Å². The Kier molecular flexibility index (Phi) is 6.45. The van der Waals surface area contributed by atoms with Crippen LogP contribution in [-0.2, 0) is 23.7 Å². The van der Waals surface area contributed by atoms with E-state index in [-0.39, 0.29) is 37.6 Å². The highest BCUT2D eigenvalue weighted by atomic mass is 19.4. The maximum atomic E-state index is 14.1. The van der Waals surface area contributed by atoms with Gasteiger partial charge in [-0.15, -0.1) is 0 Å². The monoisotopic (exact) mass is 531 g/mol. The first kappa shape index (κ1) is 26.4. The van der Waals surface area contributed by atoms with Crippen molar-refractivity contribution >= 4 is 17.8 Å². The second-order valence-corrected chi connectivity index (χ2v) is 8.95. The van der Waals surface area contributed by atoms with E-state index in [2.05, 4.69) is 0 Å². The zero-order valence-corrected chi connectivity index (χ0v) is 19.3. The van der Waals surface area contributed by atoms with Crippen molar-refractivity contribution in [2.24, 2.45) is 0 Å². The van der Waals surface area contributed by atoms with Gasteiger partial charge in [0.05, 0.1) is 16.7 Å². The number of likely N-dealkylation sites (tertiary alicyclic amines) is 1. The normalized spacial score (nSPS) is 18.2. The van der Waals surface area contributed by atoms with E-state index in [1.54, 1.807) is 0 Å². The molecule has 2 aromatic carbocycles. The van der Waals surface area contributed by atoms with Gasteiger partial charge in [-0.25, -0.2) is 9.18 Å². The summed E-state index contributed by atoms with van der Waals surface area (Å²) in [5.41, 5.74) is -5.30. The van der Waals surface area contributed by atoms with Gasteiger partial charge in [0.2, 0.25) is 0 Å². The van der Waals surface area contributed by atoms with Crippen LogP contribution in [0.3, 0.4) is 0 Å². The third-order valence-corrected chi connectivity index (χ3v) is 6.71. The molecule has 0 unspecified atom stereocenters. The summed E-state index contributed by atoms with van der Waals surface area (Å²) in [6, 6.07) is 5.40. The van der Waals surface area contributed by atoms with E-state index in [0.717, 1.165) is 22.9 Å². The fourth-order valence-electron chi connectivity index (χ4n) is 4.76. The standard InChI is InChI=1S/C24H20F7N3O3/c1-32-20(36)22(6-8-33(9-7-22)19(35)17-4-2-3-5-18(17)25)34(21(32)37)13-14-10-15(23(26,27)28)12-16(11-14)24(29,30)31/h2-5,10-12H,6-9,13H2,1H3. The molecule has 0 N–H and O–H groups in total. The topological polar surface area (TPSA) is 60.9 Å². The van der Waals surface area contributed by atoms with E-state index in [1.807, 2.05) is 0 Å². The summed E-state index contributed by atoms with van der Waals surface area (Å²) in [6.45, 7) is -0.872. The highest BCUT2D eigenvalue weighted by Crippen LogP contribution is 2.40. The largest absolute Gasteiger partial charge is 0.416 e. The number of carbonyl (C=O) groups is 3. The highest BCUT2D eigenvalue weighted by Gasteiger charge is 2.57. The van der Waals surface area contributed by atoms with Crippen molar-refractivity contribution in [2.75, 3.05) is 20.1 Å². The molecule has 2 aromatic rings. The summed E-state index contributed by atoms with van der Waals surface area (Å²) in [6.07, 6.45) is -10.4. The summed E-state index contributed by atoms with van der Waals surface area (Å²) in [5.74, 6) is -2.07. The van der Waals surface area contributed by atoms with Crippen LogP contribution in [-0.4, -0.2) is 58.2 Å². The lowest BCUT2D eigenvalue weighted by molar-refractivity contribution is -0.143. The van der Waals surface area contributed by atoms with Gasteiger partial charge < -0.3 is 9.80 Å². The van der Waals surface area contributed by atoms with E-state index in [9.17, 15) is 45.1 Å². The Bertz CT molecular complexity index is 1220. The van der Waals surface area contributed by atoms with Gasteiger partial charge in [-0.3, -0.25) is 14.5 Å². The number of halogens is 7. The minimum Gasteiger partial charge on any atom is -0.338 e. The molecule has 0 bridgehead atoms. The number of benzene rings is 2. The molecular formula is C24H20F7N3O3. The van der Waals surface area contributed by atoms with Crippen LogP contribution in [0.15, 0.2) is 42.5 Å². The Morgan fingerprint density at radius 1 is 0.919 bits per heavy atom. The number of carbonyl (C=O) groups excluding carboxylic acids is 3. The van der Waals surface area contributed by atoms with Gasteiger partial charge in [-0.1, -0.05) is 12.1 Å². The molecule has 6 nitrogen and oxygen atoms in total. The van der Waals surface area contributed by atoms with E-state index < -0.39 is 64.8 Å². The lowest BCUT2D eigenvalue weighted by Gasteiger charge is -2.42. The van der Waals surface area contributed by atoms with Crippen LogP contribution < -0.4 is 0 Å². The van der Waals surface area contributed by atoms with Crippen LogP contribution in [0.5, 0.6) is 0 Å². The number of alkyl halides is 6. The molecule has 2 aliphatic rings. The van der Waals surface area contributed by atoms with Crippen molar-refractivity contribution in [3.8, 4) is 0 Å². The Morgan fingerprint density at radius 2 is 1.46 bits per heavy atom. The van der Waals surface area contributed by atoms with Gasteiger partial charge in [0.15, 0.2) is 0 Å². The molecule has 4 rings (SSSR count). The number of likely N-dealkylation sites (N-methyl/N-ethyl adjacent to an activating group) is 1. The lowest BCUT2D eigenvalue weighted by Crippen LogP contribution is -2.57. The fourth-order valence-corrected chi connectivity index (χ4v) is 4.76. The molecule has 1 spiro atoms. The minimum absolute atomic E-state index is 0.0187. The molecule has 2 fully saturated rings. The number of piperidine rings is 1. The van der Waals surface area contributed by atoms with E-state index in [1.165, 1.54) is 23.1 Å². The van der Waals surface area contributed by atoms with Gasteiger partial charge >= 0.3 is 18.4 Å². The minimum atomic E-state index is -5.08. The molecule has 0 atom stereocenters. The molecule has 2 saturated heterocycles. The molecule has 0 saturated carbocycles. The number of imide groups is 1. The number of urea groups is 1. The Labute approximate surface area is 206 Å². The van der Waals surface area contributed by atoms with Crippen molar-refractivity contribution in [3.63, 3.8) is 0 Å². The third-order valence-electron chi connectivity index (χ3n) is 6.71. The van der Waals surface area contributed by atoms with Crippen molar-refractivity contribution in [3.05, 3.63) is 70.5 Å². The fraction of sp³-hybridized carbons (Fsp3) is 0.375. The van der Waals surface area contributed by atoms with Crippen LogP contribution in [0.1, 0.15) is 39.9 Å². The van der Waals surface area contributed by atoms with Crippen LogP contribution in [0, 0.1) is 5.82 Å². The SMILES string of the molecule is CN1C(=O)N(Cc2cc(C(F)(F)F)cc(C(F)(F)F)c2)C2(CCN(C(=O)c3ccccc3F)CC2)C1=O. The molecule has 13 heteroatoms. The molecule has 0 radical (unpaired) electrons. The predicted molar refractivity (Wildman–Crippen MR) is 114 cm³/mol. The molecule has 2 heterocycles. The second kappa shape index (κ2) is 9.03. The van der Waals surface area contributed by atoms with Gasteiger partial charge in [0.1, 0.15) is 11.4 Å². The van der Waals surface area contributed by atoms with Gasteiger partial charge in [0.25, 0.3) is 11.8 Å². The smallest absolute Gasteiger partial charge is 0.338 e. The quantitative estimate of drug-likeness (QED) is 0.417. The Balaban J connectivity index is 1.64. The van der Waals surface area contributed by atoms with E-state index in [0.29, 0.717) is 12.1 Å². The number of amides is 4. The summed E-state index contributed by atoms with van der Waals surface area (Å²) in [5, 5.41) is 0. The number of hydrogen-bond acceptors (Lipinski definition) is 3. The first-order chi connectivity index (χ1) is 17.1. The van der Waals surface area contributed by atoms with Crippen molar-refractivity contribution in [2.45, 2.75) is 37.3 Å². The van der Waals surface area contributed by atoms with Crippen LogP contribution in [0.2, 0.25) is 0 Å². The Hall–Kier alpha value is -3.64. The molecule has 4 amide bonds. The van der Waals surface area contributed by atoms with Crippen LogP contribution in [0.25, 0.3) is 0 Å².